The van der Waals surface area contributed by atoms with Crippen LogP contribution in [0.5, 0.6) is 11.5 Å². The molecule has 7 nitrogen and oxygen atoms in total. The summed E-state index contributed by atoms with van der Waals surface area (Å²) in [4.78, 5) is 29.8. The molecule has 0 aliphatic rings. The van der Waals surface area contributed by atoms with E-state index in [2.05, 4.69) is 4.98 Å². The molecule has 4 aromatic rings. The number of carbonyl (C=O) groups excluding carboxylic acids is 1. The minimum atomic E-state index is -0.605. The molecule has 2 heterocycles. The number of carbonyl (C=O) groups is 1. The highest BCUT2D eigenvalue weighted by Crippen LogP contribution is 2.26. The van der Waals surface area contributed by atoms with Gasteiger partial charge in [0.05, 0.1) is 30.7 Å². The predicted octanol–water partition coefficient (Wildman–Crippen LogP) is 4.98. The van der Waals surface area contributed by atoms with Crippen LogP contribution in [0, 0.1) is 19.7 Å². The van der Waals surface area contributed by atoms with Crippen molar-refractivity contribution in [3.63, 3.8) is 0 Å². The number of imidazole rings is 1. The van der Waals surface area contributed by atoms with Gasteiger partial charge in [0.2, 0.25) is 0 Å². The molecule has 0 bridgehead atoms. The lowest BCUT2D eigenvalue weighted by Gasteiger charge is -2.18. The number of hydrogen-bond donors (Lipinski definition) is 0. The second kappa shape index (κ2) is 9.35. The Morgan fingerprint density at radius 1 is 1.06 bits per heavy atom. The van der Waals surface area contributed by atoms with E-state index in [0.29, 0.717) is 11.3 Å². The lowest BCUT2D eigenvalue weighted by molar-refractivity contribution is 0.0599. The van der Waals surface area contributed by atoms with Gasteiger partial charge in [0.15, 0.2) is 5.75 Å². The van der Waals surface area contributed by atoms with Crippen molar-refractivity contribution in [2.75, 3.05) is 7.11 Å². The van der Waals surface area contributed by atoms with Crippen molar-refractivity contribution in [3.05, 3.63) is 106 Å². The maximum absolute atomic E-state index is 13.4. The molecule has 0 radical (unpaired) electrons. The van der Waals surface area contributed by atoms with Crippen molar-refractivity contribution in [3.8, 4) is 17.2 Å². The summed E-state index contributed by atoms with van der Waals surface area (Å²) in [5.74, 6) is -0.562. The summed E-state index contributed by atoms with van der Waals surface area (Å²) in [6.45, 7) is 5.62. The zero-order chi connectivity index (χ0) is 24.4. The molecule has 0 saturated carbocycles. The Hall–Kier alpha value is -4.20. The molecule has 0 saturated heterocycles. The van der Waals surface area contributed by atoms with Gasteiger partial charge in [-0.05, 0) is 62.2 Å². The van der Waals surface area contributed by atoms with Crippen LogP contribution >= 0.6 is 0 Å². The third-order valence-corrected chi connectivity index (χ3v) is 5.59. The fourth-order valence-corrected chi connectivity index (χ4v) is 3.73. The first-order valence-corrected chi connectivity index (χ1v) is 10.7. The maximum atomic E-state index is 13.4. The van der Waals surface area contributed by atoms with Crippen molar-refractivity contribution < 1.29 is 18.7 Å². The molecule has 4 rings (SSSR count). The van der Waals surface area contributed by atoms with Gasteiger partial charge in [0.1, 0.15) is 11.6 Å². The SMILES string of the molecule is COC(=O)c1cc(Oc2ccc(-n3cnc(C)c3)c(C)c2)c(=O)n(C(C)c2ccc(F)cc2)c1. The molecule has 0 amide bonds. The summed E-state index contributed by atoms with van der Waals surface area (Å²) in [6.07, 6.45) is 5.07. The van der Waals surface area contributed by atoms with E-state index in [1.807, 2.05) is 36.7 Å². The van der Waals surface area contributed by atoms with E-state index in [4.69, 9.17) is 9.47 Å². The molecule has 0 spiro atoms. The summed E-state index contributed by atoms with van der Waals surface area (Å²) in [5, 5.41) is 0. The first-order valence-electron chi connectivity index (χ1n) is 10.7. The summed E-state index contributed by atoms with van der Waals surface area (Å²) in [6, 6.07) is 12.1. The molecule has 34 heavy (non-hydrogen) atoms. The number of rotatable bonds is 6. The second-order valence-electron chi connectivity index (χ2n) is 8.00. The normalized spacial score (nSPS) is 11.8. The van der Waals surface area contributed by atoms with Crippen molar-refractivity contribution in [2.45, 2.75) is 26.8 Å². The van der Waals surface area contributed by atoms with Gasteiger partial charge in [-0.25, -0.2) is 14.2 Å². The zero-order valence-corrected chi connectivity index (χ0v) is 19.3. The fourth-order valence-electron chi connectivity index (χ4n) is 3.73. The maximum Gasteiger partial charge on any atom is 0.339 e. The average Bonchev–Trinajstić information content (AvgIpc) is 3.25. The van der Waals surface area contributed by atoms with Gasteiger partial charge in [-0.2, -0.15) is 0 Å². The highest BCUT2D eigenvalue weighted by molar-refractivity contribution is 5.89. The highest BCUT2D eigenvalue weighted by atomic mass is 19.1. The number of hydrogen-bond acceptors (Lipinski definition) is 5. The lowest BCUT2D eigenvalue weighted by atomic mass is 10.1. The van der Waals surface area contributed by atoms with E-state index in [9.17, 15) is 14.0 Å². The monoisotopic (exact) mass is 461 g/mol. The van der Waals surface area contributed by atoms with Gasteiger partial charge in [-0.15, -0.1) is 0 Å². The van der Waals surface area contributed by atoms with Crippen molar-refractivity contribution >= 4 is 5.97 Å². The van der Waals surface area contributed by atoms with Gasteiger partial charge in [-0.1, -0.05) is 12.1 Å². The summed E-state index contributed by atoms with van der Waals surface area (Å²) >= 11 is 0. The third kappa shape index (κ3) is 4.61. The van der Waals surface area contributed by atoms with E-state index in [0.717, 1.165) is 16.9 Å². The van der Waals surface area contributed by atoms with Gasteiger partial charge >= 0.3 is 5.97 Å². The van der Waals surface area contributed by atoms with E-state index in [-0.39, 0.29) is 17.1 Å². The van der Waals surface area contributed by atoms with Crippen LogP contribution in [0.25, 0.3) is 5.69 Å². The van der Waals surface area contributed by atoms with Crippen LogP contribution in [0.15, 0.2) is 72.0 Å². The van der Waals surface area contributed by atoms with E-state index >= 15 is 0 Å². The van der Waals surface area contributed by atoms with Crippen LogP contribution < -0.4 is 10.3 Å². The Kier molecular flexibility index (Phi) is 6.32. The van der Waals surface area contributed by atoms with Crippen molar-refractivity contribution in [1.29, 1.82) is 0 Å². The number of esters is 1. The van der Waals surface area contributed by atoms with E-state index in [1.165, 1.54) is 36.1 Å². The minimum absolute atomic E-state index is 0.0255. The molecule has 2 aromatic carbocycles. The Morgan fingerprint density at radius 2 is 1.79 bits per heavy atom. The molecule has 1 unspecified atom stereocenters. The first-order chi connectivity index (χ1) is 16.3. The van der Waals surface area contributed by atoms with Gasteiger partial charge in [0, 0.05) is 24.1 Å². The fraction of sp³-hybridized carbons (Fsp3) is 0.192. The number of methoxy groups -OCH3 is 1. The highest BCUT2D eigenvalue weighted by Gasteiger charge is 2.19. The van der Waals surface area contributed by atoms with Gasteiger partial charge < -0.3 is 18.6 Å². The summed E-state index contributed by atoms with van der Waals surface area (Å²) in [5.41, 5.74) is 3.17. The number of halogens is 1. The molecule has 2 aromatic heterocycles. The van der Waals surface area contributed by atoms with Crippen LogP contribution in [0.3, 0.4) is 0 Å². The quantitative estimate of drug-likeness (QED) is 0.379. The van der Waals surface area contributed by atoms with Crippen LogP contribution in [0.2, 0.25) is 0 Å². The molecule has 0 N–H and O–H groups in total. The van der Waals surface area contributed by atoms with Gasteiger partial charge in [0.25, 0.3) is 5.56 Å². The minimum Gasteiger partial charge on any atom is -0.465 e. The number of aryl methyl sites for hydroxylation is 2. The smallest absolute Gasteiger partial charge is 0.339 e. The average molecular weight is 461 g/mol. The van der Waals surface area contributed by atoms with Crippen molar-refractivity contribution in [1.82, 2.24) is 14.1 Å². The number of ether oxygens (including phenoxy) is 2. The van der Waals surface area contributed by atoms with Crippen LogP contribution in [-0.4, -0.2) is 27.2 Å². The summed E-state index contributed by atoms with van der Waals surface area (Å²) in [7, 11) is 1.27. The molecule has 0 aliphatic heterocycles. The Balaban J connectivity index is 1.73. The molecule has 0 fully saturated rings. The molecule has 1 atom stereocenters. The Bertz CT molecular complexity index is 1410. The number of aromatic nitrogens is 3. The third-order valence-electron chi connectivity index (χ3n) is 5.59. The topological polar surface area (TPSA) is 75.3 Å². The van der Waals surface area contributed by atoms with Crippen LogP contribution in [-0.2, 0) is 4.74 Å². The zero-order valence-electron chi connectivity index (χ0n) is 19.3. The predicted molar refractivity (Wildman–Crippen MR) is 125 cm³/mol. The molecule has 174 valence electrons. The Morgan fingerprint density at radius 3 is 2.41 bits per heavy atom. The number of nitrogens with zero attached hydrogens (tertiary/aromatic N) is 3. The summed E-state index contributed by atoms with van der Waals surface area (Å²) < 4.78 is 27.5. The van der Waals surface area contributed by atoms with E-state index in [1.54, 1.807) is 31.5 Å². The van der Waals surface area contributed by atoms with Crippen molar-refractivity contribution in [2.24, 2.45) is 0 Å². The number of pyridine rings is 1. The largest absolute Gasteiger partial charge is 0.465 e. The first kappa shape index (κ1) is 23.0. The molecule has 8 heteroatoms. The molecule has 0 aliphatic carbocycles. The van der Waals surface area contributed by atoms with Gasteiger partial charge in [-0.3, -0.25) is 4.79 Å². The van der Waals surface area contributed by atoms with E-state index < -0.39 is 17.6 Å². The Labute approximate surface area is 196 Å². The molecular weight excluding hydrogens is 437 g/mol. The molecular formula is C26H24FN3O4. The second-order valence-corrected chi connectivity index (χ2v) is 8.00. The van der Waals surface area contributed by atoms with Crippen LogP contribution in [0.1, 0.15) is 40.1 Å². The number of benzene rings is 2. The standard InChI is InChI=1S/C26H24FN3O4/c1-16-11-22(9-10-23(16)29-13-17(2)28-15-29)34-24-12-20(26(32)33-4)14-30(25(24)31)18(3)19-5-7-21(27)8-6-19/h5-15,18H,1-4H3. The lowest BCUT2D eigenvalue weighted by Crippen LogP contribution is -2.26. The van der Waals surface area contributed by atoms with Crippen LogP contribution in [0.4, 0.5) is 4.39 Å².